The van der Waals surface area contributed by atoms with E-state index in [2.05, 4.69) is 20.8 Å². The summed E-state index contributed by atoms with van der Waals surface area (Å²) in [5.41, 5.74) is 0.611. The molecule has 1 saturated carbocycles. The zero-order valence-corrected chi connectivity index (χ0v) is 9.75. The average Bonchev–Trinajstić information content (AvgIpc) is 2.10. The summed E-state index contributed by atoms with van der Waals surface area (Å²) in [5.74, 6) is 1.09. The Morgan fingerprint density at radius 3 is 2.33 bits per heavy atom. The van der Waals surface area contributed by atoms with Gasteiger partial charge in [-0.1, -0.05) is 26.8 Å². The zero-order valence-electron chi connectivity index (χ0n) is 9.75. The van der Waals surface area contributed by atoms with Gasteiger partial charge in [-0.05, 0) is 36.5 Å². The molecule has 0 radical (unpaired) electrons. The molecule has 80 valence electrons. The fourth-order valence-electron chi connectivity index (χ4n) is 2.88. The Labute approximate surface area is 92.2 Å². The van der Waals surface area contributed by atoms with Crippen LogP contribution in [0.25, 0.3) is 0 Å². The van der Waals surface area contributed by atoms with Crippen LogP contribution in [0.15, 0.2) is 11.6 Å². The third kappa shape index (κ3) is 3.40. The number of nitrogens with zero attached hydrogens (tertiary/aromatic N) is 2. The molecule has 1 fully saturated rings. The summed E-state index contributed by atoms with van der Waals surface area (Å²) >= 11 is 0. The van der Waals surface area contributed by atoms with Crippen molar-refractivity contribution in [2.75, 3.05) is 0 Å². The maximum atomic E-state index is 8.71. The van der Waals surface area contributed by atoms with Crippen LogP contribution in [-0.2, 0) is 0 Å². The normalized spacial score (nSPS) is 28.6. The number of hydrogen-bond donors (Lipinski definition) is 0. The molecular weight excluding hydrogens is 184 g/mol. The minimum absolute atomic E-state index is 0.268. The van der Waals surface area contributed by atoms with Crippen LogP contribution in [0.4, 0.5) is 0 Å². The van der Waals surface area contributed by atoms with Gasteiger partial charge in [-0.25, -0.2) is 0 Å². The topological polar surface area (TPSA) is 47.6 Å². The van der Waals surface area contributed by atoms with Crippen molar-refractivity contribution >= 4 is 0 Å². The van der Waals surface area contributed by atoms with E-state index >= 15 is 0 Å². The largest absolute Gasteiger partial charge is 0.192 e. The highest BCUT2D eigenvalue weighted by Crippen LogP contribution is 2.42. The van der Waals surface area contributed by atoms with Crippen LogP contribution in [0.2, 0.25) is 0 Å². The maximum Gasteiger partial charge on any atom is 0.125 e. The molecule has 0 aromatic heterocycles. The molecule has 0 bridgehead atoms. The van der Waals surface area contributed by atoms with Gasteiger partial charge in [-0.15, -0.1) is 0 Å². The molecule has 1 rings (SSSR count). The van der Waals surface area contributed by atoms with Gasteiger partial charge in [0, 0.05) is 0 Å². The molecule has 15 heavy (non-hydrogen) atoms. The molecule has 0 heterocycles. The van der Waals surface area contributed by atoms with Crippen molar-refractivity contribution in [1.82, 2.24) is 0 Å². The van der Waals surface area contributed by atoms with Gasteiger partial charge in [-0.3, -0.25) is 0 Å². The number of hydrogen-bond acceptors (Lipinski definition) is 2. The molecule has 2 unspecified atom stereocenters. The highest BCUT2D eigenvalue weighted by atomic mass is 14.4. The summed E-state index contributed by atoms with van der Waals surface area (Å²) in [6.07, 6.45) is 5.30. The molecule has 0 aliphatic heterocycles. The van der Waals surface area contributed by atoms with Crippen molar-refractivity contribution in [2.45, 2.75) is 40.0 Å². The Balaban J connectivity index is 2.77. The lowest BCUT2D eigenvalue weighted by Crippen LogP contribution is -2.26. The summed E-state index contributed by atoms with van der Waals surface area (Å²) in [4.78, 5) is 0. The molecule has 2 heteroatoms. The zero-order chi connectivity index (χ0) is 11.5. The van der Waals surface area contributed by atoms with E-state index in [0.717, 1.165) is 12.8 Å². The summed E-state index contributed by atoms with van der Waals surface area (Å²) in [7, 11) is 0. The van der Waals surface area contributed by atoms with Crippen LogP contribution in [0.3, 0.4) is 0 Å². The number of allylic oxidation sites excluding steroid dienone is 2. The minimum atomic E-state index is 0.268. The molecule has 2 nitrogen and oxygen atoms in total. The van der Waals surface area contributed by atoms with E-state index in [4.69, 9.17) is 10.5 Å². The Kier molecular flexibility index (Phi) is 3.53. The second-order valence-electron chi connectivity index (χ2n) is 5.48. The van der Waals surface area contributed by atoms with E-state index < -0.39 is 0 Å². The van der Waals surface area contributed by atoms with Crippen LogP contribution >= 0.6 is 0 Å². The van der Waals surface area contributed by atoms with E-state index in [0.29, 0.717) is 17.3 Å². The van der Waals surface area contributed by atoms with E-state index in [1.165, 1.54) is 6.42 Å². The first kappa shape index (κ1) is 11.8. The second kappa shape index (κ2) is 4.49. The molecule has 0 N–H and O–H groups in total. The van der Waals surface area contributed by atoms with E-state index in [-0.39, 0.29) is 5.57 Å². The van der Waals surface area contributed by atoms with Gasteiger partial charge in [0.15, 0.2) is 0 Å². The fraction of sp³-hybridized carbons (Fsp3) is 0.692. The van der Waals surface area contributed by atoms with Gasteiger partial charge in [-0.2, -0.15) is 10.5 Å². The van der Waals surface area contributed by atoms with Gasteiger partial charge in [0.2, 0.25) is 0 Å². The van der Waals surface area contributed by atoms with Gasteiger partial charge < -0.3 is 0 Å². The second-order valence-corrected chi connectivity index (χ2v) is 5.48. The lowest BCUT2D eigenvalue weighted by molar-refractivity contribution is 0.156. The SMILES string of the molecule is CC1CC(C=C(C#N)C#N)CC(C)(C)C1. The third-order valence-electron chi connectivity index (χ3n) is 3.06. The van der Waals surface area contributed by atoms with Crippen LogP contribution in [0.5, 0.6) is 0 Å². The highest BCUT2D eigenvalue weighted by Gasteiger charge is 2.31. The molecule has 1 aliphatic carbocycles. The lowest BCUT2D eigenvalue weighted by atomic mass is 9.68. The average molecular weight is 202 g/mol. The van der Waals surface area contributed by atoms with Gasteiger partial charge in [0.1, 0.15) is 17.7 Å². The summed E-state index contributed by atoms with van der Waals surface area (Å²) < 4.78 is 0. The first-order valence-corrected chi connectivity index (χ1v) is 5.49. The summed E-state index contributed by atoms with van der Waals surface area (Å²) in [6.45, 7) is 6.78. The minimum Gasteiger partial charge on any atom is -0.192 e. The van der Waals surface area contributed by atoms with Gasteiger partial charge in [0.05, 0.1) is 0 Å². The Morgan fingerprint density at radius 2 is 1.87 bits per heavy atom. The molecule has 0 aromatic carbocycles. The number of nitriles is 2. The van der Waals surface area contributed by atoms with E-state index in [9.17, 15) is 0 Å². The van der Waals surface area contributed by atoms with Crippen LogP contribution in [0.1, 0.15) is 40.0 Å². The molecule has 2 atom stereocenters. The lowest BCUT2D eigenvalue weighted by Gasteiger charge is -2.37. The molecule has 0 saturated heterocycles. The number of rotatable bonds is 1. The van der Waals surface area contributed by atoms with Crippen LogP contribution in [-0.4, -0.2) is 0 Å². The van der Waals surface area contributed by atoms with E-state index in [1.54, 1.807) is 0 Å². The summed E-state index contributed by atoms with van der Waals surface area (Å²) in [6, 6.07) is 3.88. The predicted octanol–water partition coefficient (Wildman–Crippen LogP) is 3.42. The van der Waals surface area contributed by atoms with Crippen molar-refractivity contribution in [2.24, 2.45) is 17.3 Å². The Bertz CT molecular complexity index is 323. The van der Waals surface area contributed by atoms with Crippen LogP contribution < -0.4 is 0 Å². The standard InChI is InChI=1S/C13H18N2/c1-10-4-11(5-12(8-14)9-15)7-13(2,3)6-10/h5,10-11H,4,6-7H2,1-3H3. The molecule has 1 aliphatic rings. The molecular formula is C13H18N2. The van der Waals surface area contributed by atoms with Crippen molar-refractivity contribution in [3.63, 3.8) is 0 Å². The monoisotopic (exact) mass is 202 g/mol. The Morgan fingerprint density at radius 1 is 1.27 bits per heavy atom. The molecule has 0 spiro atoms. The van der Waals surface area contributed by atoms with Crippen LogP contribution in [0, 0.1) is 39.9 Å². The van der Waals surface area contributed by atoms with Gasteiger partial charge in [0.25, 0.3) is 0 Å². The summed E-state index contributed by atoms with van der Waals surface area (Å²) in [5, 5.41) is 17.4. The predicted molar refractivity (Wildman–Crippen MR) is 59.6 cm³/mol. The van der Waals surface area contributed by atoms with Crippen molar-refractivity contribution in [3.8, 4) is 12.1 Å². The van der Waals surface area contributed by atoms with Gasteiger partial charge >= 0.3 is 0 Å². The van der Waals surface area contributed by atoms with Crippen molar-refractivity contribution < 1.29 is 0 Å². The fourth-order valence-corrected chi connectivity index (χ4v) is 2.88. The quantitative estimate of drug-likeness (QED) is 0.612. The van der Waals surface area contributed by atoms with Crippen molar-refractivity contribution in [3.05, 3.63) is 11.6 Å². The van der Waals surface area contributed by atoms with Crippen molar-refractivity contribution in [1.29, 1.82) is 10.5 Å². The highest BCUT2D eigenvalue weighted by molar-refractivity contribution is 5.35. The molecule has 0 amide bonds. The first-order valence-electron chi connectivity index (χ1n) is 5.49. The van der Waals surface area contributed by atoms with E-state index in [1.807, 2.05) is 18.2 Å². The first-order chi connectivity index (χ1) is 6.96. The smallest absolute Gasteiger partial charge is 0.125 e. The third-order valence-corrected chi connectivity index (χ3v) is 3.06. The maximum absolute atomic E-state index is 8.71. The molecule has 0 aromatic rings. The Hall–Kier alpha value is -1.28.